The van der Waals surface area contributed by atoms with Gasteiger partial charge in [-0.3, -0.25) is 13.9 Å². The number of aryl methyl sites for hydroxylation is 1. The van der Waals surface area contributed by atoms with Crippen LogP contribution in [0.5, 0.6) is 0 Å². The Morgan fingerprint density at radius 1 is 1.03 bits per heavy atom. The Bertz CT molecular complexity index is 1140. The molecule has 2 aromatic carbocycles. The number of sulfonamides is 1. The predicted octanol–water partition coefficient (Wildman–Crippen LogP) is 5.18. The maximum absolute atomic E-state index is 13.4. The summed E-state index contributed by atoms with van der Waals surface area (Å²) in [6, 6.07) is 11.6. The third kappa shape index (κ3) is 8.68. The highest BCUT2D eigenvalue weighted by Gasteiger charge is 2.28. The molecule has 0 saturated carbocycles. The van der Waals surface area contributed by atoms with Gasteiger partial charge in [0.25, 0.3) is 0 Å². The maximum Gasteiger partial charge on any atom is 0.242 e. The number of nitrogens with one attached hydrogen (secondary N) is 1. The Morgan fingerprint density at radius 3 is 2.25 bits per heavy atom. The lowest BCUT2D eigenvalue weighted by Gasteiger charge is -2.31. The lowest BCUT2D eigenvalue weighted by atomic mass is 10.1. The second-order valence-electron chi connectivity index (χ2n) is 8.76. The zero-order valence-electron chi connectivity index (χ0n) is 21.3. The fourth-order valence-corrected chi connectivity index (χ4v) is 5.12. The summed E-state index contributed by atoms with van der Waals surface area (Å²) in [4.78, 5) is 27.8. The standard InChI is InChI=1S/C26H35Cl2N3O4S/c1-5-15-29-26(33)24(6-2)30(18-20-11-14-22(27)23(28)17-20)25(32)8-7-16-31(36(4,34)35)21-12-9-19(3)10-13-21/h9-14,17,24H,5-8,15-16,18H2,1-4H3,(H,29,33). The SMILES string of the molecule is CCCNC(=O)C(CC)N(Cc1ccc(Cl)c(Cl)c1)C(=O)CCCN(c1ccc(C)cc1)S(C)(=O)=O. The number of hydrogen-bond donors (Lipinski definition) is 1. The van der Waals surface area contributed by atoms with Crippen LogP contribution in [0.3, 0.4) is 0 Å². The van der Waals surface area contributed by atoms with Crippen molar-refractivity contribution in [3.63, 3.8) is 0 Å². The third-order valence-corrected chi connectivity index (χ3v) is 7.68. The van der Waals surface area contributed by atoms with Crippen LogP contribution in [0.2, 0.25) is 10.0 Å². The molecule has 0 bridgehead atoms. The Kier molecular flexibility index (Phi) is 11.5. The molecule has 1 atom stereocenters. The number of amides is 2. The Labute approximate surface area is 224 Å². The van der Waals surface area contributed by atoms with Crippen molar-refractivity contribution < 1.29 is 18.0 Å². The van der Waals surface area contributed by atoms with E-state index >= 15 is 0 Å². The Hall–Kier alpha value is -2.29. The van der Waals surface area contributed by atoms with E-state index in [0.717, 1.165) is 23.8 Å². The number of rotatable bonds is 13. The molecule has 0 aliphatic heterocycles. The van der Waals surface area contributed by atoms with Crippen molar-refractivity contribution in [2.24, 2.45) is 0 Å². The highest BCUT2D eigenvalue weighted by Crippen LogP contribution is 2.25. The topological polar surface area (TPSA) is 86.8 Å². The molecule has 2 rings (SSSR count). The third-order valence-electron chi connectivity index (χ3n) is 5.75. The summed E-state index contributed by atoms with van der Waals surface area (Å²) >= 11 is 12.2. The minimum Gasteiger partial charge on any atom is -0.354 e. The van der Waals surface area contributed by atoms with Crippen LogP contribution in [0.4, 0.5) is 5.69 Å². The van der Waals surface area contributed by atoms with Crippen LogP contribution in [-0.4, -0.2) is 50.5 Å². The number of hydrogen-bond acceptors (Lipinski definition) is 4. The van der Waals surface area contributed by atoms with Crippen LogP contribution in [0.25, 0.3) is 0 Å². The minimum atomic E-state index is -3.53. The molecule has 0 fully saturated rings. The van der Waals surface area contributed by atoms with Crippen LogP contribution in [0.15, 0.2) is 42.5 Å². The Balaban J connectivity index is 2.22. The van der Waals surface area contributed by atoms with E-state index in [1.807, 2.05) is 32.9 Å². The molecular formula is C26H35Cl2N3O4S. The van der Waals surface area contributed by atoms with Gasteiger partial charge in [0, 0.05) is 26.1 Å². The number of nitrogens with zero attached hydrogens (tertiary/aromatic N) is 2. The maximum atomic E-state index is 13.4. The average molecular weight is 557 g/mol. The molecular weight excluding hydrogens is 521 g/mol. The van der Waals surface area contributed by atoms with Crippen LogP contribution in [0, 0.1) is 6.92 Å². The van der Waals surface area contributed by atoms with E-state index in [-0.39, 0.29) is 31.3 Å². The van der Waals surface area contributed by atoms with Crippen molar-refractivity contribution in [3.8, 4) is 0 Å². The van der Waals surface area contributed by atoms with Gasteiger partial charge in [0.05, 0.1) is 22.0 Å². The second kappa shape index (κ2) is 13.9. The van der Waals surface area contributed by atoms with E-state index in [4.69, 9.17) is 23.2 Å². The zero-order chi connectivity index (χ0) is 26.9. The largest absolute Gasteiger partial charge is 0.354 e. The summed E-state index contributed by atoms with van der Waals surface area (Å²) in [5.74, 6) is -0.456. The molecule has 10 heteroatoms. The average Bonchev–Trinajstić information content (AvgIpc) is 2.82. The predicted molar refractivity (Wildman–Crippen MR) is 147 cm³/mol. The van der Waals surface area contributed by atoms with Crippen LogP contribution < -0.4 is 9.62 Å². The molecule has 0 heterocycles. The summed E-state index contributed by atoms with van der Waals surface area (Å²) in [7, 11) is -3.53. The summed E-state index contributed by atoms with van der Waals surface area (Å²) < 4.78 is 26.2. The number of anilines is 1. The first-order valence-electron chi connectivity index (χ1n) is 12.0. The highest BCUT2D eigenvalue weighted by molar-refractivity contribution is 7.92. The van der Waals surface area contributed by atoms with Gasteiger partial charge in [-0.2, -0.15) is 0 Å². The van der Waals surface area contributed by atoms with Crippen LogP contribution >= 0.6 is 23.2 Å². The van der Waals surface area contributed by atoms with E-state index in [9.17, 15) is 18.0 Å². The van der Waals surface area contributed by atoms with Gasteiger partial charge in [-0.1, -0.05) is 60.8 Å². The Morgan fingerprint density at radius 2 is 1.69 bits per heavy atom. The summed E-state index contributed by atoms with van der Waals surface area (Å²) in [6.07, 6.45) is 2.74. The molecule has 0 spiro atoms. The van der Waals surface area contributed by atoms with Crippen molar-refractivity contribution in [2.45, 2.75) is 59.0 Å². The molecule has 1 N–H and O–H groups in total. The first-order chi connectivity index (χ1) is 17.0. The number of halogens is 2. The smallest absolute Gasteiger partial charge is 0.242 e. The van der Waals surface area contributed by atoms with Gasteiger partial charge in [0.2, 0.25) is 21.8 Å². The van der Waals surface area contributed by atoms with E-state index in [0.29, 0.717) is 35.1 Å². The number of carbonyl (C=O) groups is 2. The molecule has 0 aliphatic rings. The van der Waals surface area contributed by atoms with E-state index in [1.54, 1.807) is 35.2 Å². The zero-order valence-corrected chi connectivity index (χ0v) is 23.6. The molecule has 2 amide bonds. The van der Waals surface area contributed by atoms with E-state index in [2.05, 4.69) is 5.32 Å². The van der Waals surface area contributed by atoms with Crippen molar-refractivity contribution in [1.29, 1.82) is 0 Å². The van der Waals surface area contributed by atoms with Crippen molar-refractivity contribution in [3.05, 3.63) is 63.6 Å². The van der Waals surface area contributed by atoms with Crippen molar-refractivity contribution in [2.75, 3.05) is 23.7 Å². The molecule has 0 aliphatic carbocycles. The van der Waals surface area contributed by atoms with Crippen molar-refractivity contribution >= 4 is 50.7 Å². The normalized spacial score (nSPS) is 12.2. The fourth-order valence-electron chi connectivity index (χ4n) is 3.84. The highest BCUT2D eigenvalue weighted by atomic mass is 35.5. The molecule has 1 unspecified atom stereocenters. The number of benzene rings is 2. The van der Waals surface area contributed by atoms with Gasteiger partial charge in [0.15, 0.2) is 0 Å². The minimum absolute atomic E-state index is 0.0801. The molecule has 7 nitrogen and oxygen atoms in total. The lowest BCUT2D eigenvalue weighted by Crippen LogP contribution is -2.49. The molecule has 0 aromatic heterocycles. The molecule has 0 radical (unpaired) electrons. The first kappa shape index (κ1) is 29.9. The van der Waals surface area contributed by atoms with Gasteiger partial charge >= 0.3 is 0 Å². The quantitative estimate of drug-likeness (QED) is 0.368. The summed E-state index contributed by atoms with van der Waals surface area (Å²) in [6.45, 7) is 6.59. The van der Waals surface area contributed by atoms with Gasteiger partial charge in [-0.25, -0.2) is 8.42 Å². The van der Waals surface area contributed by atoms with Crippen LogP contribution in [0.1, 0.15) is 50.7 Å². The van der Waals surface area contributed by atoms with Crippen molar-refractivity contribution in [1.82, 2.24) is 10.2 Å². The summed E-state index contributed by atoms with van der Waals surface area (Å²) in [5, 5.41) is 3.65. The second-order valence-corrected chi connectivity index (χ2v) is 11.5. The van der Waals surface area contributed by atoms with Gasteiger partial charge in [-0.05, 0) is 56.0 Å². The van der Waals surface area contributed by atoms with Gasteiger partial charge in [0.1, 0.15) is 6.04 Å². The monoisotopic (exact) mass is 555 g/mol. The lowest BCUT2D eigenvalue weighted by molar-refractivity contribution is -0.141. The van der Waals surface area contributed by atoms with E-state index in [1.165, 1.54) is 4.31 Å². The van der Waals surface area contributed by atoms with E-state index < -0.39 is 16.1 Å². The van der Waals surface area contributed by atoms with Gasteiger partial charge in [-0.15, -0.1) is 0 Å². The van der Waals surface area contributed by atoms with Gasteiger partial charge < -0.3 is 10.2 Å². The first-order valence-corrected chi connectivity index (χ1v) is 14.6. The molecule has 0 saturated heterocycles. The molecule has 36 heavy (non-hydrogen) atoms. The number of carbonyl (C=O) groups excluding carboxylic acids is 2. The van der Waals surface area contributed by atoms with Crippen LogP contribution in [-0.2, 0) is 26.2 Å². The fraction of sp³-hybridized carbons (Fsp3) is 0.462. The molecule has 198 valence electrons. The summed E-state index contributed by atoms with van der Waals surface area (Å²) in [5.41, 5.74) is 2.32. The molecule has 2 aromatic rings.